The molecule has 0 aromatic heterocycles. The maximum atomic E-state index is 12.6. The Labute approximate surface area is 123 Å². The number of allylic oxidation sites excluding steroid dienone is 2. The maximum Gasteiger partial charge on any atom is 0.307 e. The molecule has 2 unspecified atom stereocenters. The van der Waals surface area contributed by atoms with Gasteiger partial charge in [0.1, 0.15) is 11.5 Å². The Bertz CT molecular complexity index is 554. The Morgan fingerprint density at radius 1 is 1.00 bits per heavy atom. The highest BCUT2D eigenvalue weighted by molar-refractivity contribution is 6.00. The second-order valence-corrected chi connectivity index (χ2v) is 4.96. The zero-order valence-electron chi connectivity index (χ0n) is 12.0. The normalized spacial score (nSPS) is 20.9. The number of methoxy groups -OCH3 is 2. The fourth-order valence-electron chi connectivity index (χ4n) is 2.54. The van der Waals surface area contributed by atoms with E-state index < -0.39 is 17.8 Å². The molecule has 0 radical (unpaired) electrons. The van der Waals surface area contributed by atoms with Crippen LogP contribution in [-0.4, -0.2) is 31.1 Å². The second-order valence-electron chi connectivity index (χ2n) is 4.96. The molecule has 112 valence electrons. The van der Waals surface area contributed by atoms with Gasteiger partial charge in [-0.15, -0.1) is 0 Å². The molecule has 1 aliphatic rings. The van der Waals surface area contributed by atoms with E-state index in [9.17, 15) is 14.7 Å². The van der Waals surface area contributed by atoms with Gasteiger partial charge >= 0.3 is 5.97 Å². The number of carboxylic acids is 1. The molecule has 1 aromatic carbocycles. The van der Waals surface area contributed by atoms with Gasteiger partial charge in [-0.25, -0.2) is 0 Å². The predicted molar refractivity (Wildman–Crippen MR) is 76.9 cm³/mol. The van der Waals surface area contributed by atoms with Crippen LogP contribution >= 0.6 is 0 Å². The number of rotatable bonds is 5. The number of aliphatic carboxylic acids is 1. The van der Waals surface area contributed by atoms with Crippen LogP contribution in [0.2, 0.25) is 0 Å². The highest BCUT2D eigenvalue weighted by Crippen LogP contribution is 2.31. The summed E-state index contributed by atoms with van der Waals surface area (Å²) in [5.41, 5.74) is 0.415. The van der Waals surface area contributed by atoms with E-state index in [4.69, 9.17) is 9.47 Å². The third kappa shape index (κ3) is 3.24. The maximum absolute atomic E-state index is 12.6. The number of ketones is 1. The molecule has 2 rings (SSSR count). The molecule has 1 aromatic rings. The van der Waals surface area contributed by atoms with Crippen molar-refractivity contribution in [3.8, 4) is 11.5 Å². The Hall–Kier alpha value is -2.30. The van der Waals surface area contributed by atoms with Crippen molar-refractivity contribution in [3.63, 3.8) is 0 Å². The van der Waals surface area contributed by atoms with Crippen LogP contribution in [0.15, 0.2) is 30.4 Å². The molecule has 5 heteroatoms. The molecule has 0 bridgehead atoms. The first kappa shape index (κ1) is 15.1. The lowest BCUT2D eigenvalue weighted by Gasteiger charge is -2.24. The molecule has 1 aliphatic carbocycles. The first-order chi connectivity index (χ1) is 10.1. The molecule has 0 fully saturated rings. The monoisotopic (exact) mass is 290 g/mol. The molecule has 0 saturated carbocycles. The van der Waals surface area contributed by atoms with E-state index in [0.717, 1.165) is 0 Å². The molecular formula is C16H18O5. The van der Waals surface area contributed by atoms with Crippen LogP contribution in [0.5, 0.6) is 11.5 Å². The fourth-order valence-corrected chi connectivity index (χ4v) is 2.54. The van der Waals surface area contributed by atoms with Crippen LogP contribution in [0.1, 0.15) is 23.2 Å². The van der Waals surface area contributed by atoms with Crippen LogP contribution < -0.4 is 9.47 Å². The van der Waals surface area contributed by atoms with E-state index in [1.807, 2.05) is 12.2 Å². The number of carboxylic acid groups (broad SMARTS) is 1. The molecule has 0 amide bonds. The van der Waals surface area contributed by atoms with Crippen molar-refractivity contribution in [2.24, 2.45) is 11.8 Å². The summed E-state index contributed by atoms with van der Waals surface area (Å²) in [5, 5.41) is 9.27. The second kappa shape index (κ2) is 6.43. The number of carbonyl (C=O) groups is 2. The smallest absolute Gasteiger partial charge is 0.307 e. The van der Waals surface area contributed by atoms with Crippen molar-refractivity contribution < 1.29 is 24.2 Å². The van der Waals surface area contributed by atoms with Crippen LogP contribution in [0.4, 0.5) is 0 Å². The first-order valence-electron chi connectivity index (χ1n) is 6.72. The van der Waals surface area contributed by atoms with E-state index >= 15 is 0 Å². The lowest BCUT2D eigenvalue weighted by Crippen LogP contribution is -2.31. The van der Waals surface area contributed by atoms with Gasteiger partial charge in [0.05, 0.1) is 20.1 Å². The molecule has 0 saturated heterocycles. The zero-order chi connectivity index (χ0) is 15.4. The lowest BCUT2D eigenvalue weighted by molar-refractivity contribution is -0.143. The van der Waals surface area contributed by atoms with Gasteiger partial charge in [-0.3, -0.25) is 9.59 Å². The van der Waals surface area contributed by atoms with Gasteiger partial charge < -0.3 is 14.6 Å². The first-order valence-corrected chi connectivity index (χ1v) is 6.72. The molecule has 1 N–H and O–H groups in total. The lowest BCUT2D eigenvalue weighted by atomic mass is 9.78. The standard InChI is InChI=1S/C16H18O5/c1-20-11-7-10(8-12(9-11)21-2)15(17)13-5-3-4-6-14(13)16(18)19/h3-4,7-9,13-14H,5-6H2,1-2H3,(H,18,19). The number of carbonyl (C=O) groups excluding carboxylic acids is 1. The quantitative estimate of drug-likeness (QED) is 0.666. The summed E-state index contributed by atoms with van der Waals surface area (Å²) in [6.45, 7) is 0. The highest BCUT2D eigenvalue weighted by Gasteiger charge is 2.34. The van der Waals surface area contributed by atoms with E-state index in [1.165, 1.54) is 14.2 Å². The number of benzene rings is 1. The Kier molecular flexibility index (Phi) is 4.62. The van der Waals surface area contributed by atoms with Crippen LogP contribution in [0, 0.1) is 11.8 Å². The van der Waals surface area contributed by atoms with Gasteiger partial charge in [0.15, 0.2) is 5.78 Å². The van der Waals surface area contributed by atoms with Crippen molar-refractivity contribution >= 4 is 11.8 Å². The van der Waals surface area contributed by atoms with Crippen LogP contribution in [-0.2, 0) is 4.79 Å². The molecule has 21 heavy (non-hydrogen) atoms. The van der Waals surface area contributed by atoms with Gasteiger partial charge in [-0.05, 0) is 25.0 Å². The average molecular weight is 290 g/mol. The average Bonchev–Trinajstić information content (AvgIpc) is 2.53. The van der Waals surface area contributed by atoms with E-state index in [1.54, 1.807) is 18.2 Å². The van der Waals surface area contributed by atoms with Gasteiger partial charge in [0.2, 0.25) is 0 Å². The van der Waals surface area contributed by atoms with Crippen molar-refractivity contribution in [1.82, 2.24) is 0 Å². The summed E-state index contributed by atoms with van der Waals surface area (Å²) in [4.78, 5) is 24.0. The van der Waals surface area contributed by atoms with Crippen molar-refractivity contribution in [1.29, 1.82) is 0 Å². The molecule has 0 spiro atoms. The topological polar surface area (TPSA) is 72.8 Å². The van der Waals surface area contributed by atoms with Crippen molar-refractivity contribution in [2.45, 2.75) is 12.8 Å². The van der Waals surface area contributed by atoms with Crippen molar-refractivity contribution in [2.75, 3.05) is 14.2 Å². The third-order valence-corrected chi connectivity index (χ3v) is 3.72. The molecular weight excluding hydrogens is 272 g/mol. The summed E-state index contributed by atoms with van der Waals surface area (Å²) < 4.78 is 10.3. The summed E-state index contributed by atoms with van der Waals surface area (Å²) in [6.07, 6.45) is 4.50. The van der Waals surface area contributed by atoms with E-state index in [-0.39, 0.29) is 5.78 Å². The van der Waals surface area contributed by atoms with E-state index in [0.29, 0.717) is 29.9 Å². The minimum Gasteiger partial charge on any atom is -0.497 e. The Morgan fingerprint density at radius 2 is 1.52 bits per heavy atom. The van der Waals surface area contributed by atoms with E-state index in [2.05, 4.69) is 0 Å². The summed E-state index contributed by atoms with van der Waals surface area (Å²) >= 11 is 0. The van der Waals surface area contributed by atoms with Gasteiger partial charge in [-0.1, -0.05) is 12.2 Å². The number of hydrogen-bond acceptors (Lipinski definition) is 4. The number of hydrogen-bond donors (Lipinski definition) is 1. The Morgan fingerprint density at radius 3 is 2.00 bits per heavy atom. The molecule has 0 aliphatic heterocycles. The van der Waals surface area contributed by atoms with Gasteiger partial charge in [0.25, 0.3) is 0 Å². The summed E-state index contributed by atoms with van der Waals surface area (Å²) in [7, 11) is 3.01. The number of ether oxygens (including phenoxy) is 2. The minimum atomic E-state index is -0.937. The molecule has 2 atom stereocenters. The zero-order valence-corrected chi connectivity index (χ0v) is 12.0. The number of Topliss-reactive ketones (excluding diaryl/α,β-unsaturated/α-hetero) is 1. The van der Waals surface area contributed by atoms with Crippen molar-refractivity contribution in [3.05, 3.63) is 35.9 Å². The van der Waals surface area contributed by atoms with Crippen LogP contribution in [0.25, 0.3) is 0 Å². The predicted octanol–water partition coefficient (Wildman–Crippen LogP) is 2.55. The molecule has 5 nitrogen and oxygen atoms in total. The SMILES string of the molecule is COc1cc(OC)cc(C(=O)C2CC=CCC2C(=O)O)c1. The Balaban J connectivity index is 2.34. The summed E-state index contributed by atoms with van der Waals surface area (Å²) in [6, 6.07) is 4.90. The third-order valence-electron chi connectivity index (χ3n) is 3.72. The van der Waals surface area contributed by atoms with Gasteiger partial charge in [-0.2, -0.15) is 0 Å². The largest absolute Gasteiger partial charge is 0.497 e. The highest BCUT2D eigenvalue weighted by atomic mass is 16.5. The fraction of sp³-hybridized carbons (Fsp3) is 0.375. The minimum absolute atomic E-state index is 0.191. The summed E-state index contributed by atoms with van der Waals surface area (Å²) in [5.74, 6) is -1.34. The van der Waals surface area contributed by atoms with Gasteiger partial charge in [0, 0.05) is 17.5 Å². The van der Waals surface area contributed by atoms with Crippen LogP contribution in [0.3, 0.4) is 0 Å². The molecule has 0 heterocycles.